The fraction of sp³-hybridized carbons (Fsp3) is 0.111. The molecule has 138 valence electrons. The third-order valence-electron chi connectivity index (χ3n) is 3.80. The van der Waals surface area contributed by atoms with E-state index in [9.17, 15) is 14.9 Å². The van der Waals surface area contributed by atoms with Crippen molar-refractivity contribution < 1.29 is 9.72 Å². The Morgan fingerprint density at radius 1 is 1.15 bits per heavy atom. The molecule has 0 fully saturated rings. The van der Waals surface area contributed by atoms with Crippen molar-refractivity contribution in [3.05, 3.63) is 91.0 Å². The van der Waals surface area contributed by atoms with Gasteiger partial charge in [-0.3, -0.25) is 4.79 Å². The van der Waals surface area contributed by atoms with E-state index in [1.807, 2.05) is 12.1 Å². The highest BCUT2D eigenvalue weighted by Gasteiger charge is 2.18. The minimum atomic E-state index is -0.547. The summed E-state index contributed by atoms with van der Waals surface area (Å²) in [6.07, 6.45) is 1.55. The molecule has 0 saturated carbocycles. The summed E-state index contributed by atoms with van der Waals surface area (Å²) < 4.78 is 1.79. The zero-order chi connectivity index (χ0) is 19.4. The SMILES string of the molecule is O=C(NCc1ccc(Cl)cc1)c1ccc(Cn2cc(Br)c([N+](=O)[O-])n2)cc1. The molecule has 9 heteroatoms. The summed E-state index contributed by atoms with van der Waals surface area (Å²) >= 11 is 8.96. The second-order valence-corrected chi connectivity index (χ2v) is 7.05. The summed E-state index contributed by atoms with van der Waals surface area (Å²) in [6, 6.07) is 14.3. The lowest BCUT2D eigenvalue weighted by Crippen LogP contribution is -2.22. The van der Waals surface area contributed by atoms with Crippen molar-refractivity contribution in [1.29, 1.82) is 0 Å². The largest absolute Gasteiger partial charge is 0.404 e. The van der Waals surface area contributed by atoms with Crippen LogP contribution in [-0.4, -0.2) is 20.6 Å². The summed E-state index contributed by atoms with van der Waals surface area (Å²) in [6.45, 7) is 0.766. The van der Waals surface area contributed by atoms with Crippen molar-refractivity contribution in [2.45, 2.75) is 13.1 Å². The molecule has 0 atom stereocenters. The van der Waals surface area contributed by atoms with Gasteiger partial charge < -0.3 is 15.4 Å². The maximum Gasteiger partial charge on any atom is 0.404 e. The number of nitro groups is 1. The smallest absolute Gasteiger partial charge is 0.358 e. The molecule has 2 aromatic carbocycles. The van der Waals surface area contributed by atoms with Crippen LogP contribution in [-0.2, 0) is 13.1 Å². The predicted molar refractivity (Wildman–Crippen MR) is 105 cm³/mol. The van der Waals surface area contributed by atoms with E-state index in [-0.39, 0.29) is 11.7 Å². The number of aromatic nitrogens is 2. The third-order valence-corrected chi connectivity index (χ3v) is 4.61. The number of benzene rings is 2. The predicted octanol–water partition coefficient (Wildman–Crippen LogP) is 4.19. The van der Waals surface area contributed by atoms with Gasteiger partial charge in [-0.1, -0.05) is 35.9 Å². The van der Waals surface area contributed by atoms with Crippen LogP contribution in [0.1, 0.15) is 21.5 Å². The van der Waals surface area contributed by atoms with Crippen LogP contribution in [0.3, 0.4) is 0 Å². The third kappa shape index (κ3) is 4.93. The van der Waals surface area contributed by atoms with Crippen LogP contribution in [0.15, 0.2) is 59.2 Å². The zero-order valence-electron chi connectivity index (χ0n) is 13.9. The van der Waals surface area contributed by atoms with E-state index in [1.165, 1.54) is 4.68 Å². The van der Waals surface area contributed by atoms with Gasteiger partial charge in [0.25, 0.3) is 5.91 Å². The Bertz CT molecular complexity index is 971. The van der Waals surface area contributed by atoms with Crippen molar-refractivity contribution in [1.82, 2.24) is 15.1 Å². The zero-order valence-corrected chi connectivity index (χ0v) is 16.3. The highest BCUT2D eigenvalue weighted by molar-refractivity contribution is 9.10. The molecule has 0 bridgehead atoms. The van der Waals surface area contributed by atoms with Crippen molar-refractivity contribution in [3.8, 4) is 0 Å². The molecule has 1 amide bonds. The molecule has 0 spiro atoms. The molecule has 0 radical (unpaired) electrons. The minimum absolute atomic E-state index is 0.186. The van der Waals surface area contributed by atoms with Gasteiger partial charge in [-0.15, -0.1) is 0 Å². The van der Waals surface area contributed by atoms with E-state index < -0.39 is 4.92 Å². The Kier molecular flexibility index (Phi) is 5.88. The minimum Gasteiger partial charge on any atom is -0.358 e. The van der Waals surface area contributed by atoms with Gasteiger partial charge in [0.2, 0.25) is 0 Å². The Morgan fingerprint density at radius 2 is 1.78 bits per heavy atom. The average Bonchev–Trinajstić information content (AvgIpc) is 3.02. The molecule has 0 saturated heterocycles. The lowest BCUT2D eigenvalue weighted by atomic mass is 10.1. The molecular formula is C18H14BrClN4O3. The maximum atomic E-state index is 12.2. The number of carbonyl (C=O) groups excluding carboxylic acids is 1. The Hall–Kier alpha value is -2.71. The number of amides is 1. The van der Waals surface area contributed by atoms with E-state index in [4.69, 9.17) is 11.6 Å². The van der Waals surface area contributed by atoms with Crippen molar-refractivity contribution >= 4 is 39.3 Å². The lowest BCUT2D eigenvalue weighted by molar-refractivity contribution is -0.390. The summed E-state index contributed by atoms with van der Waals surface area (Å²) in [5.74, 6) is -0.415. The molecule has 0 unspecified atom stereocenters. The first-order valence-electron chi connectivity index (χ1n) is 7.91. The molecular weight excluding hydrogens is 436 g/mol. The second kappa shape index (κ2) is 8.32. The van der Waals surface area contributed by atoms with E-state index in [0.29, 0.717) is 28.1 Å². The highest BCUT2D eigenvalue weighted by atomic mass is 79.9. The van der Waals surface area contributed by atoms with E-state index in [0.717, 1.165) is 11.1 Å². The molecule has 3 aromatic rings. The molecule has 1 heterocycles. The van der Waals surface area contributed by atoms with E-state index in [2.05, 4.69) is 26.3 Å². The topological polar surface area (TPSA) is 90.1 Å². The number of nitrogens with zero attached hydrogens (tertiary/aromatic N) is 3. The first-order chi connectivity index (χ1) is 12.9. The van der Waals surface area contributed by atoms with Gasteiger partial charge in [-0.05, 0) is 56.2 Å². The van der Waals surface area contributed by atoms with E-state index >= 15 is 0 Å². The Morgan fingerprint density at radius 3 is 2.37 bits per heavy atom. The quantitative estimate of drug-likeness (QED) is 0.451. The van der Waals surface area contributed by atoms with Gasteiger partial charge in [-0.25, -0.2) is 0 Å². The molecule has 0 aliphatic rings. The summed E-state index contributed by atoms with van der Waals surface area (Å²) in [5.41, 5.74) is 2.35. The normalized spacial score (nSPS) is 10.6. The molecule has 0 aliphatic carbocycles. The van der Waals surface area contributed by atoms with Gasteiger partial charge in [0, 0.05) is 17.1 Å². The van der Waals surface area contributed by atoms with Gasteiger partial charge >= 0.3 is 5.82 Å². The fourth-order valence-corrected chi connectivity index (χ4v) is 3.01. The lowest BCUT2D eigenvalue weighted by Gasteiger charge is -2.06. The first kappa shape index (κ1) is 19.1. The van der Waals surface area contributed by atoms with Crippen LogP contribution in [0.5, 0.6) is 0 Å². The Labute approximate surface area is 168 Å². The standard InChI is InChI=1S/C18H14BrClN4O3/c19-16-11-23(22-17(16)24(26)27)10-13-1-5-14(6-2-13)18(25)21-9-12-3-7-15(20)8-4-12/h1-8,11H,9-10H2,(H,21,25). The monoisotopic (exact) mass is 448 g/mol. The fourth-order valence-electron chi connectivity index (χ4n) is 2.43. The van der Waals surface area contributed by atoms with Crippen molar-refractivity contribution in [2.24, 2.45) is 0 Å². The summed E-state index contributed by atoms with van der Waals surface area (Å²) in [7, 11) is 0. The summed E-state index contributed by atoms with van der Waals surface area (Å²) in [5, 5.41) is 18.2. The number of nitrogens with one attached hydrogen (secondary N) is 1. The molecule has 0 aliphatic heterocycles. The number of halogens is 2. The van der Waals surface area contributed by atoms with Crippen LogP contribution in [0.2, 0.25) is 5.02 Å². The van der Waals surface area contributed by atoms with Crippen LogP contribution in [0.4, 0.5) is 5.82 Å². The number of rotatable bonds is 6. The van der Waals surface area contributed by atoms with Gasteiger partial charge in [0.15, 0.2) is 0 Å². The van der Waals surface area contributed by atoms with Crippen molar-refractivity contribution in [2.75, 3.05) is 0 Å². The number of hydrogen-bond acceptors (Lipinski definition) is 4. The molecule has 7 nitrogen and oxygen atoms in total. The molecule has 1 aromatic heterocycles. The average molecular weight is 450 g/mol. The Balaban J connectivity index is 1.60. The first-order valence-corrected chi connectivity index (χ1v) is 9.08. The molecule has 3 rings (SSSR count). The maximum absolute atomic E-state index is 12.2. The summed E-state index contributed by atoms with van der Waals surface area (Å²) in [4.78, 5) is 22.5. The highest BCUT2D eigenvalue weighted by Crippen LogP contribution is 2.22. The molecule has 1 N–H and O–H groups in total. The second-order valence-electron chi connectivity index (χ2n) is 5.76. The van der Waals surface area contributed by atoms with Gasteiger partial charge in [0.1, 0.15) is 4.47 Å². The van der Waals surface area contributed by atoms with Crippen molar-refractivity contribution in [3.63, 3.8) is 0 Å². The van der Waals surface area contributed by atoms with Crippen LogP contribution in [0, 0.1) is 10.1 Å². The van der Waals surface area contributed by atoms with Crippen LogP contribution >= 0.6 is 27.5 Å². The van der Waals surface area contributed by atoms with E-state index in [1.54, 1.807) is 42.6 Å². The van der Waals surface area contributed by atoms with Crippen LogP contribution < -0.4 is 5.32 Å². The number of carbonyl (C=O) groups is 1. The molecule has 27 heavy (non-hydrogen) atoms. The van der Waals surface area contributed by atoms with Gasteiger partial charge in [-0.2, -0.15) is 4.68 Å². The number of hydrogen-bond donors (Lipinski definition) is 1. The van der Waals surface area contributed by atoms with Crippen LogP contribution in [0.25, 0.3) is 0 Å². The van der Waals surface area contributed by atoms with Gasteiger partial charge in [0.05, 0.1) is 17.8 Å².